The van der Waals surface area contributed by atoms with Crippen LogP contribution in [0.15, 0.2) is 6.07 Å². The van der Waals surface area contributed by atoms with Gasteiger partial charge in [0, 0.05) is 26.3 Å². The molecular formula is C12H19ClN4O2S. The van der Waals surface area contributed by atoms with Crippen molar-refractivity contribution in [2.75, 3.05) is 20.6 Å². The van der Waals surface area contributed by atoms with E-state index in [9.17, 15) is 8.42 Å². The monoisotopic (exact) mass is 318 g/mol. The van der Waals surface area contributed by atoms with Gasteiger partial charge in [-0.3, -0.25) is 0 Å². The second kappa shape index (κ2) is 5.93. The second-order valence-electron chi connectivity index (χ2n) is 5.10. The molecule has 1 atom stereocenters. The van der Waals surface area contributed by atoms with Gasteiger partial charge in [-0.1, -0.05) is 18.0 Å². The third-order valence-corrected chi connectivity index (χ3v) is 5.50. The molecule has 0 saturated carbocycles. The predicted molar refractivity (Wildman–Crippen MR) is 77.7 cm³/mol. The first kappa shape index (κ1) is 15.6. The molecule has 6 nitrogen and oxygen atoms in total. The summed E-state index contributed by atoms with van der Waals surface area (Å²) < 4.78 is 27.5. The van der Waals surface area contributed by atoms with Gasteiger partial charge in [0.15, 0.2) is 0 Å². The first-order valence-electron chi connectivity index (χ1n) is 6.53. The number of aryl methyl sites for hydroxylation is 1. The van der Waals surface area contributed by atoms with Crippen LogP contribution in [0.2, 0.25) is 5.15 Å². The summed E-state index contributed by atoms with van der Waals surface area (Å²) in [5.74, 6) is 0.486. The summed E-state index contributed by atoms with van der Waals surface area (Å²) in [7, 11) is -0.414. The lowest BCUT2D eigenvalue weighted by Gasteiger charge is -2.35. The van der Waals surface area contributed by atoms with Gasteiger partial charge < -0.3 is 0 Å². The zero-order valence-electron chi connectivity index (χ0n) is 11.9. The normalized spacial score (nSPS) is 21.4. The van der Waals surface area contributed by atoms with Crippen molar-refractivity contribution >= 4 is 21.8 Å². The number of halogens is 1. The fourth-order valence-corrected chi connectivity index (χ4v) is 3.90. The summed E-state index contributed by atoms with van der Waals surface area (Å²) in [4.78, 5) is 8.57. The molecule has 1 aromatic heterocycles. The van der Waals surface area contributed by atoms with Crippen LogP contribution in [0.5, 0.6) is 0 Å². The van der Waals surface area contributed by atoms with Gasteiger partial charge >= 0.3 is 0 Å². The molecule has 2 heterocycles. The number of rotatable bonds is 3. The lowest BCUT2D eigenvalue weighted by molar-refractivity contribution is 0.234. The summed E-state index contributed by atoms with van der Waals surface area (Å²) in [6, 6.07) is 1.33. The van der Waals surface area contributed by atoms with Crippen molar-refractivity contribution in [1.29, 1.82) is 0 Å². The van der Waals surface area contributed by atoms with Crippen molar-refractivity contribution in [3.8, 4) is 0 Å². The van der Waals surface area contributed by atoms with Gasteiger partial charge in [0.2, 0.25) is 0 Å². The van der Waals surface area contributed by atoms with E-state index in [1.807, 2.05) is 6.92 Å². The third kappa shape index (κ3) is 3.11. The van der Waals surface area contributed by atoms with Gasteiger partial charge in [-0.25, -0.2) is 9.97 Å². The van der Waals surface area contributed by atoms with Crippen LogP contribution in [-0.2, 0) is 10.2 Å². The minimum Gasteiger partial charge on any atom is -0.236 e. The maximum atomic E-state index is 12.4. The summed E-state index contributed by atoms with van der Waals surface area (Å²) in [5.41, 5.74) is 0.743. The molecule has 1 saturated heterocycles. The van der Waals surface area contributed by atoms with Gasteiger partial charge in [0.25, 0.3) is 10.2 Å². The minimum atomic E-state index is -3.48. The molecule has 0 aliphatic carbocycles. The van der Waals surface area contributed by atoms with E-state index in [0.717, 1.165) is 18.5 Å². The first-order valence-corrected chi connectivity index (χ1v) is 8.30. The zero-order chi connectivity index (χ0) is 14.9. The van der Waals surface area contributed by atoms with Gasteiger partial charge in [-0.2, -0.15) is 17.0 Å². The second-order valence-corrected chi connectivity index (χ2v) is 7.58. The Balaban J connectivity index is 2.41. The smallest absolute Gasteiger partial charge is 0.236 e. The topological polar surface area (TPSA) is 66.4 Å². The van der Waals surface area contributed by atoms with Crippen LogP contribution in [0.4, 0.5) is 0 Å². The van der Waals surface area contributed by atoms with Crippen LogP contribution in [0.3, 0.4) is 0 Å². The predicted octanol–water partition coefficient (Wildman–Crippen LogP) is 1.77. The molecule has 0 bridgehead atoms. The maximum absolute atomic E-state index is 12.4. The number of hydrogen-bond acceptors (Lipinski definition) is 4. The molecule has 1 fully saturated rings. The van der Waals surface area contributed by atoms with Gasteiger partial charge in [-0.05, 0) is 25.8 Å². The Morgan fingerprint density at radius 1 is 1.35 bits per heavy atom. The number of hydrogen-bond donors (Lipinski definition) is 0. The fraction of sp³-hybridized carbons (Fsp3) is 0.667. The van der Waals surface area contributed by atoms with Crippen LogP contribution in [0, 0.1) is 6.92 Å². The molecule has 1 aromatic rings. The van der Waals surface area contributed by atoms with Crippen molar-refractivity contribution < 1.29 is 8.42 Å². The van der Waals surface area contributed by atoms with Gasteiger partial charge in [0.05, 0.1) is 6.04 Å². The van der Waals surface area contributed by atoms with Crippen LogP contribution in [0.1, 0.15) is 36.8 Å². The molecule has 0 amide bonds. The molecule has 2 rings (SSSR count). The number of nitrogens with zero attached hydrogens (tertiary/aromatic N) is 4. The number of piperidine rings is 1. The highest BCUT2D eigenvalue weighted by molar-refractivity contribution is 7.86. The Morgan fingerprint density at radius 2 is 2.05 bits per heavy atom. The van der Waals surface area contributed by atoms with Crippen molar-refractivity contribution in [3.05, 3.63) is 22.7 Å². The molecular weight excluding hydrogens is 300 g/mol. The summed E-state index contributed by atoms with van der Waals surface area (Å²) in [6.07, 6.45) is 2.52. The van der Waals surface area contributed by atoms with E-state index in [-0.39, 0.29) is 6.04 Å². The summed E-state index contributed by atoms with van der Waals surface area (Å²) in [6.45, 7) is 2.31. The molecule has 0 N–H and O–H groups in total. The van der Waals surface area contributed by atoms with E-state index in [0.29, 0.717) is 23.9 Å². The van der Waals surface area contributed by atoms with E-state index in [1.54, 1.807) is 6.07 Å². The average Bonchev–Trinajstić information content (AvgIpc) is 2.37. The molecule has 0 aromatic carbocycles. The fourth-order valence-electron chi connectivity index (χ4n) is 2.35. The standard InChI is InChI=1S/C12H19ClN4O2S/c1-9-8-11(13)15-12(14-9)10-6-4-5-7-17(10)20(18,19)16(2)3/h8,10H,4-7H2,1-3H3. The SMILES string of the molecule is Cc1cc(Cl)nc(C2CCCCN2S(=O)(=O)N(C)C)n1. The Bertz CT molecular complexity index is 571. The zero-order valence-corrected chi connectivity index (χ0v) is 13.4. The van der Waals surface area contributed by atoms with E-state index in [4.69, 9.17) is 11.6 Å². The van der Waals surface area contributed by atoms with Gasteiger partial charge in [0.1, 0.15) is 11.0 Å². The van der Waals surface area contributed by atoms with E-state index in [1.165, 1.54) is 22.7 Å². The highest BCUT2D eigenvalue weighted by atomic mass is 35.5. The minimum absolute atomic E-state index is 0.339. The Kier molecular flexibility index (Phi) is 4.63. The average molecular weight is 319 g/mol. The maximum Gasteiger partial charge on any atom is 0.282 e. The molecule has 20 heavy (non-hydrogen) atoms. The van der Waals surface area contributed by atoms with Crippen molar-refractivity contribution in [2.45, 2.75) is 32.2 Å². The van der Waals surface area contributed by atoms with Crippen LogP contribution in [-0.4, -0.2) is 47.6 Å². The van der Waals surface area contributed by atoms with E-state index < -0.39 is 10.2 Å². The molecule has 0 spiro atoms. The summed E-state index contributed by atoms with van der Waals surface area (Å²) in [5, 5.41) is 0.347. The summed E-state index contributed by atoms with van der Waals surface area (Å²) >= 11 is 5.96. The van der Waals surface area contributed by atoms with Crippen LogP contribution >= 0.6 is 11.6 Å². The molecule has 8 heteroatoms. The van der Waals surface area contributed by atoms with Crippen LogP contribution < -0.4 is 0 Å². The van der Waals surface area contributed by atoms with Crippen molar-refractivity contribution in [1.82, 2.24) is 18.6 Å². The van der Waals surface area contributed by atoms with E-state index >= 15 is 0 Å². The lowest BCUT2D eigenvalue weighted by atomic mass is 10.0. The first-order chi connectivity index (χ1) is 9.32. The van der Waals surface area contributed by atoms with Gasteiger partial charge in [-0.15, -0.1) is 0 Å². The molecule has 1 aliphatic heterocycles. The Labute approximate surface area is 125 Å². The Hall–Kier alpha value is -0.760. The van der Waals surface area contributed by atoms with E-state index in [2.05, 4.69) is 9.97 Å². The molecule has 112 valence electrons. The highest BCUT2D eigenvalue weighted by Crippen LogP contribution is 2.32. The molecule has 1 aliphatic rings. The highest BCUT2D eigenvalue weighted by Gasteiger charge is 2.36. The molecule has 0 radical (unpaired) electrons. The number of aromatic nitrogens is 2. The quantitative estimate of drug-likeness (QED) is 0.797. The Morgan fingerprint density at radius 3 is 2.65 bits per heavy atom. The largest absolute Gasteiger partial charge is 0.282 e. The molecule has 1 unspecified atom stereocenters. The lowest BCUT2D eigenvalue weighted by Crippen LogP contribution is -2.45. The van der Waals surface area contributed by atoms with Crippen LogP contribution in [0.25, 0.3) is 0 Å². The van der Waals surface area contributed by atoms with Crippen molar-refractivity contribution in [2.24, 2.45) is 0 Å². The van der Waals surface area contributed by atoms with Crippen molar-refractivity contribution in [3.63, 3.8) is 0 Å². The third-order valence-electron chi connectivity index (χ3n) is 3.35.